The molecular formula is C17H21N5O. The molecule has 1 aromatic carbocycles. The van der Waals surface area contributed by atoms with E-state index in [2.05, 4.69) is 27.3 Å². The molecule has 2 N–H and O–H groups in total. The average Bonchev–Trinajstić information content (AvgIpc) is 2.59. The molecule has 0 radical (unpaired) electrons. The van der Waals surface area contributed by atoms with Gasteiger partial charge in [0, 0.05) is 43.3 Å². The Kier molecular flexibility index (Phi) is 4.52. The molecule has 6 heteroatoms. The normalized spacial score (nSPS) is 15.7. The number of nitrogens with zero attached hydrogens (tertiary/aromatic N) is 3. The third kappa shape index (κ3) is 3.32. The minimum atomic E-state index is 0.456. The van der Waals surface area contributed by atoms with Gasteiger partial charge in [-0.3, -0.25) is 4.98 Å². The molecule has 2 heterocycles. The van der Waals surface area contributed by atoms with E-state index in [0.29, 0.717) is 11.4 Å². The maximum atomic E-state index is 7.90. The van der Waals surface area contributed by atoms with E-state index in [-0.39, 0.29) is 0 Å². The molecule has 1 aromatic heterocycles. The van der Waals surface area contributed by atoms with Crippen molar-refractivity contribution in [3.8, 4) is 0 Å². The summed E-state index contributed by atoms with van der Waals surface area (Å²) in [6.45, 7) is 5.04. The Balaban J connectivity index is 2.00. The van der Waals surface area contributed by atoms with Gasteiger partial charge in [0.2, 0.25) is 0 Å². The predicted octanol–water partition coefficient (Wildman–Crippen LogP) is 2.07. The SMILES string of the molecule is CN/C=C(\C(C)=N)c1cnc2ccc(N3CCOCC3)cc2n1. The van der Waals surface area contributed by atoms with Crippen molar-refractivity contribution in [2.75, 3.05) is 38.3 Å². The van der Waals surface area contributed by atoms with E-state index in [4.69, 9.17) is 15.1 Å². The van der Waals surface area contributed by atoms with Crippen LogP contribution in [0.2, 0.25) is 0 Å². The first kappa shape index (κ1) is 15.4. The molecule has 0 aliphatic carbocycles. The second-order valence-electron chi connectivity index (χ2n) is 5.50. The second kappa shape index (κ2) is 6.75. The number of rotatable bonds is 4. The highest BCUT2D eigenvalue weighted by Gasteiger charge is 2.13. The summed E-state index contributed by atoms with van der Waals surface area (Å²) in [5.41, 5.74) is 4.75. The molecule has 1 saturated heterocycles. The van der Waals surface area contributed by atoms with E-state index in [1.165, 1.54) is 0 Å². The number of fused-ring (bicyclic) bond motifs is 1. The van der Waals surface area contributed by atoms with Gasteiger partial charge in [0.05, 0.1) is 36.1 Å². The van der Waals surface area contributed by atoms with Crippen molar-refractivity contribution < 1.29 is 4.74 Å². The Morgan fingerprint density at radius 1 is 1.30 bits per heavy atom. The first-order chi connectivity index (χ1) is 11.2. The van der Waals surface area contributed by atoms with Gasteiger partial charge >= 0.3 is 0 Å². The van der Waals surface area contributed by atoms with Crippen LogP contribution in [0.4, 0.5) is 5.69 Å². The number of morpholine rings is 1. The van der Waals surface area contributed by atoms with Gasteiger partial charge in [-0.15, -0.1) is 0 Å². The van der Waals surface area contributed by atoms with Crippen LogP contribution in [-0.4, -0.2) is 49.0 Å². The van der Waals surface area contributed by atoms with Gasteiger partial charge in [0.1, 0.15) is 0 Å². The third-order valence-corrected chi connectivity index (χ3v) is 3.87. The zero-order valence-electron chi connectivity index (χ0n) is 13.5. The molecule has 0 unspecified atom stereocenters. The number of nitrogens with one attached hydrogen (secondary N) is 2. The molecule has 0 bridgehead atoms. The number of ether oxygens (including phenoxy) is 1. The average molecular weight is 311 g/mol. The monoisotopic (exact) mass is 311 g/mol. The Bertz CT molecular complexity index is 750. The Morgan fingerprint density at radius 3 is 2.78 bits per heavy atom. The molecule has 2 aromatic rings. The van der Waals surface area contributed by atoms with Gasteiger partial charge in [0.15, 0.2) is 0 Å². The van der Waals surface area contributed by atoms with Gasteiger partial charge in [-0.25, -0.2) is 4.98 Å². The summed E-state index contributed by atoms with van der Waals surface area (Å²) >= 11 is 0. The Hall–Kier alpha value is -2.47. The number of aromatic nitrogens is 2. The molecule has 1 aliphatic rings. The zero-order valence-corrected chi connectivity index (χ0v) is 13.5. The van der Waals surface area contributed by atoms with Crippen molar-refractivity contribution in [3.05, 3.63) is 36.3 Å². The van der Waals surface area contributed by atoms with Crippen molar-refractivity contribution in [1.29, 1.82) is 5.41 Å². The molecule has 0 amide bonds. The molecule has 6 nitrogen and oxygen atoms in total. The highest BCUT2D eigenvalue weighted by atomic mass is 16.5. The van der Waals surface area contributed by atoms with Crippen LogP contribution in [0.1, 0.15) is 12.6 Å². The van der Waals surface area contributed by atoms with Crippen molar-refractivity contribution in [3.63, 3.8) is 0 Å². The van der Waals surface area contributed by atoms with Crippen LogP contribution < -0.4 is 10.2 Å². The standard InChI is InChI=1S/C17H21N5O/c1-12(18)14(10-19-2)17-11-20-15-4-3-13(9-16(15)21-17)22-5-7-23-8-6-22/h3-4,9-11,18-19H,5-8H2,1-2H3/b14-10+,18-12?. The maximum absolute atomic E-state index is 7.90. The number of anilines is 1. The van der Waals surface area contributed by atoms with E-state index in [1.54, 1.807) is 19.3 Å². The topological polar surface area (TPSA) is 74.1 Å². The first-order valence-electron chi connectivity index (χ1n) is 7.72. The van der Waals surface area contributed by atoms with Crippen LogP contribution in [0.3, 0.4) is 0 Å². The van der Waals surface area contributed by atoms with Gasteiger partial charge in [-0.05, 0) is 25.1 Å². The molecule has 1 aliphatic heterocycles. The summed E-state index contributed by atoms with van der Waals surface area (Å²) in [5, 5.41) is 10.9. The summed E-state index contributed by atoms with van der Waals surface area (Å²) in [5.74, 6) is 0. The Morgan fingerprint density at radius 2 is 2.09 bits per heavy atom. The largest absolute Gasteiger partial charge is 0.393 e. The van der Waals surface area contributed by atoms with Crippen LogP contribution >= 0.6 is 0 Å². The fourth-order valence-corrected chi connectivity index (χ4v) is 2.67. The van der Waals surface area contributed by atoms with Gasteiger partial charge < -0.3 is 20.4 Å². The van der Waals surface area contributed by atoms with Crippen molar-refractivity contribution in [2.24, 2.45) is 0 Å². The van der Waals surface area contributed by atoms with Crippen LogP contribution in [0, 0.1) is 5.41 Å². The molecular weight excluding hydrogens is 290 g/mol. The lowest BCUT2D eigenvalue weighted by Crippen LogP contribution is -2.36. The fourth-order valence-electron chi connectivity index (χ4n) is 2.67. The Labute approximate surface area is 135 Å². The number of hydrogen-bond acceptors (Lipinski definition) is 6. The molecule has 120 valence electrons. The van der Waals surface area contributed by atoms with Crippen LogP contribution in [0.25, 0.3) is 16.6 Å². The van der Waals surface area contributed by atoms with Crippen molar-refractivity contribution in [1.82, 2.24) is 15.3 Å². The van der Waals surface area contributed by atoms with Gasteiger partial charge in [0.25, 0.3) is 0 Å². The smallest absolute Gasteiger partial charge is 0.0925 e. The summed E-state index contributed by atoms with van der Waals surface area (Å²) in [6, 6.07) is 6.14. The summed E-state index contributed by atoms with van der Waals surface area (Å²) < 4.78 is 5.40. The summed E-state index contributed by atoms with van der Waals surface area (Å²) in [7, 11) is 1.81. The van der Waals surface area contributed by atoms with Gasteiger partial charge in [-0.2, -0.15) is 0 Å². The van der Waals surface area contributed by atoms with Crippen LogP contribution in [0.15, 0.2) is 30.6 Å². The minimum absolute atomic E-state index is 0.456. The zero-order chi connectivity index (χ0) is 16.2. The molecule has 0 atom stereocenters. The molecule has 23 heavy (non-hydrogen) atoms. The van der Waals surface area contributed by atoms with E-state index in [0.717, 1.165) is 48.6 Å². The van der Waals surface area contributed by atoms with E-state index >= 15 is 0 Å². The van der Waals surface area contributed by atoms with Crippen LogP contribution in [0.5, 0.6) is 0 Å². The third-order valence-electron chi connectivity index (χ3n) is 3.87. The molecule has 0 spiro atoms. The van der Waals surface area contributed by atoms with Crippen molar-refractivity contribution in [2.45, 2.75) is 6.92 Å². The predicted molar refractivity (Wildman–Crippen MR) is 93.0 cm³/mol. The fraction of sp³-hybridized carbons (Fsp3) is 0.353. The quantitative estimate of drug-likeness (QED) is 0.846. The molecule has 0 saturated carbocycles. The highest BCUT2D eigenvalue weighted by molar-refractivity contribution is 6.20. The van der Waals surface area contributed by atoms with Crippen molar-refractivity contribution >= 4 is 28.0 Å². The lowest BCUT2D eigenvalue weighted by molar-refractivity contribution is 0.122. The number of benzene rings is 1. The maximum Gasteiger partial charge on any atom is 0.0925 e. The highest BCUT2D eigenvalue weighted by Crippen LogP contribution is 2.22. The second-order valence-corrected chi connectivity index (χ2v) is 5.50. The van der Waals surface area contributed by atoms with Crippen LogP contribution in [-0.2, 0) is 4.74 Å². The lowest BCUT2D eigenvalue weighted by Gasteiger charge is -2.28. The molecule has 1 fully saturated rings. The minimum Gasteiger partial charge on any atom is -0.393 e. The molecule has 3 rings (SSSR count). The van der Waals surface area contributed by atoms with Gasteiger partial charge in [-0.1, -0.05) is 0 Å². The first-order valence-corrected chi connectivity index (χ1v) is 7.72. The summed E-state index contributed by atoms with van der Waals surface area (Å²) in [6.07, 6.45) is 3.50. The number of allylic oxidation sites excluding steroid dienone is 1. The van der Waals surface area contributed by atoms with E-state index < -0.39 is 0 Å². The van der Waals surface area contributed by atoms with E-state index in [1.807, 2.05) is 13.1 Å². The van der Waals surface area contributed by atoms with E-state index in [9.17, 15) is 0 Å². The summed E-state index contributed by atoms with van der Waals surface area (Å²) in [4.78, 5) is 11.5. The lowest BCUT2D eigenvalue weighted by atomic mass is 10.1. The number of hydrogen-bond donors (Lipinski definition) is 2.